The zero-order valence-corrected chi connectivity index (χ0v) is 10.6. The quantitative estimate of drug-likeness (QED) is 0.730. The van der Waals surface area contributed by atoms with E-state index in [2.05, 4.69) is 5.32 Å². The number of hydrogen-bond acceptors (Lipinski definition) is 3. The fourth-order valence-electron chi connectivity index (χ4n) is 1.34. The molecule has 0 bridgehead atoms. The van der Waals surface area contributed by atoms with Crippen molar-refractivity contribution in [1.29, 1.82) is 0 Å². The number of hydrogen-bond donors (Lipinski definition) is 2. The molecule has 2 rings (SSSR count). The SMILES string of the molecule is C1CCNC1.Cc1ccc(S(=O)(=O)O)cc1.O. The Kier molecular flexibility index (Phi) is 6.98. The van der Waals surface area contributed by atoms with Gasteiger partial charge in [-0.1, -0.05) is 17.7 Å². The van der Waals surface area contributed by atoms with Crippen LogP contribution in [0.4, 0.5) is 0 Å². The van der Waals surface area contributed by atoms with Gasteiger partial charge in [0.15, 0.2) is 0 Å². The smallest absolute Gasteiger partial charge is 0.294 e. The Morgan fingerprint density at radius 3 is 1.88 bits per heavy atom. The summed E-state index contributed by atoms with van der Waals surface area (Å²) in [7, 11) is -4.02. The Labute approximate surface area is 102 Å². The largest absolute Gasteiger partial charge is 0.412 e. The van der Waals surface area contributed by atoms with E-state index in [-0.39, 0.29) is 10.4 Å². The maximum Gasteiger partial charge on any atom is 0.294 e. The summed E-state index contributed by atoms with van der Waals surface area (Å²) in [4.78, 5) is -0.0666. The van der Waals surface area contributed by atoms with E-state index in [1.807, 2.05) is 6.92 Å². The second-order valence-electron chi connectivity index (χ2n) is 3.75. The number of nitrogens with one attached hydrogen (secondary N) is 1. The van der Waals surface area contributed by atoms with E-state index >= 15 is 0 Å². The van der Waals surface area contributed by atoms with E-state index in [4.69, 9.17) is 4.55 Å². The molecule has 5 nitrogen and oxygen atoms in total. The molecule has 0 aliphatic carbocycles. The minimum atomic E-state index is -4.02. The highest BCUT2D eigenvalue weighted by atomic mass is 32.2. The molecule has 0 radical (unpaired) electrons. The molecule has 17 heavy (non-hydrogen) atoms. The highest BCUT2D eigenvalue weighted by molar-refractivity contribution is 7.85. The van der Waals surface area contributed by atoms with Gasteiger partial charge in [-0.15, -0.1) is 0 Å². The van der Waals surface area contributed by atoms with Gasteiger partial charge in [0.05, 0.1) is 4.90 Å². The number of aryl methyl sites for hydroxylation is 1. The van der Waals surface area contributed by atoms with Crippen LogP contribution in [0.3, 0.4) is 0 Å². The molecule has 0 amide bonds. The van der Waals surface area contributed by atoms with Gasteiger partial charge in [-0.05, 0) is 45.0 Å². The molecule has 6 heteroatoms. The van der Waals surface area contributed by atoms with Gasteiger partial charge in [-0.25, -0.2) is 0 Å². The Morgan fingerprint density at radius 2 is 1.59 bits per heavy atom. The summed E-state index contributed by atoms with van der Waals surface area (Å²) in [5, 5.41) is 3.22. The van der Waals surface area contributed by atoms with Crippen LogP contribution in [0.2, 0.25) is 0 Å². The fourth-order valence-corrected chi connectivity index (χ4v) is 1.82. The summed E-state index contributed by atoms with van der Waals surface area (Å²) < 4.78 is 29.6. The van der Waals surface area contributed by atoms with Crippen LogP contribution in [0.5, 0.6) is 0 Å². The summed E-state index contributed by atoms with van der Waals surface area (Å²) >= 11 is 0. The van der Waals surface area contributed by atoms with Crippen molar-refractivity contribution < 1.29 is 18.4 Å². The van der Waals surface area contributed by atoms with Gasteiger partial charge < -0.3 is 10.8 Å². The Morgan fingerprint density at radius 1 is 1.12 bits per heavy atom. The minimum Gasteiger partial charge on any atom is -0.412 e. The van der Waals surface area contributed by atoms with E-state index in [1.54, 1.807) is 12.1 Å². The Balaban J connectivity index is 0.000000360. The molecule has 0 atom stereocenters. The Bertz CT molecular complexity index is 402. The van der Waals surface area contributed by atoms with E-state index in [9.17, 15) is 8.42 Å². The topological polar surface area (TPSA) is 97.9 Å². The average Bonchev–Trinajstić information content (AvgIpc) is 2.74. The third kappa shape index (κ3) is 6.38. The van der Waals surface area contributed by atoms with Crippen molar-refractivity contribution in [2.75, 3.05) is 13.1 Å². The highest BCUT2D eigenvalue weighted by Crippen LogP contribution is 2.08. The minimum absolute atomic E-state index is 0. The summed E-state index contributed by atoms with van der Waals surface area (Å²) in [6.45, 7) is 4.34. The van der Waals surface area contributed by atoms with E-state index < -0.39 is 10.1 Å². The van der Waals surface area contributed by atoms with Crippen LogP contribution in [0.25, 0.3) is 0 Å². The lowest BCUT2D eigenvalue weighted by Crippen LogP contribution is -2.03. The molecule has 0 saturated carbocycles. The van der Waals surface area contributed by atoms with Crippen LogP contribution < -0.4 is 5.32 Å². The van der Waals surface area contributed by atoms with Crippen molar-refractivity contribution in [3.8, 4) is 0 Å². The van der Waals surface area contributed by atoms with Gasteiger partial charge >= 0.3 is 0 Å². The maximum atomic E-state index is 10.5. The summed E-state index contributed by atoms with van der Waals surface area (Å²) in [5.74, 6) is 0. The van der Waals surface area contributed by atoms with Crippen molar-refractivity contribution in [2.24, 2.45) is 0 Å². The molecule has 1 fully saturated rings. The van der Waals surface area contributed by atoms with Gasteiger partial charge in [0.1, 0.15) is 0 Å². The summed E-state index contributed by atoms with van der Waals surface area (Å²) in [6, 6.07) is 5.99. The van der Waals surface area contributed by atoms with Gasteiger partial charge in [0.2, 0.25) is 0 Å². The van der Waals surface area contributed by atoms with Crippen LogP contribution in [-0.2, 0) is 10.1 Å². The first kappa shape index (κ1) is 16.1. The zero-order valence-electron chi connectivity index (χ0n) is 9.81. The van der Waals surface area contributed by atoms with Crippen LogP contribution in [0.15, 0.2) is 29.2 Å². The van der Waals surface area contributed by atoms with Crippen LogP contribution in [0.1, 0.15) is 18.4 Å². The van der Waals surface area contributed by atoms with E-state index in [1.165, 1.54) is 38.1 Å². The molecular formula is C11H19NO4S. The summed E-state index contributed by atoms with van der Waals surface area (Å²) in [5.41, 5.74) is 0.956. The predicted octanol–water partition coefficient (Wildman–Crippen LogP) is 0.787. The lowest BCUT2D eigenvalue weighted by Gasteiger charge is -1.95. The fraction of sp³-hybridized carbons (Fsp3) is 0.455. The molecule has 0 unspecified atom stereocenters. The normalized spacial score (nSPS) is 14.5. The molecule has 1 aliphatic rings. The monoisotopic (exact) mass is 261 g/mol. The molecule has 1 heterocycles. The molecular weight excluding hydrogens is 242 g/mol. The predicted molar refractivity (Wildman–Crippen MR) is 66.7 cm³/mol. The highest BCUT2D eigenvalue weighted by Gasteiger charge is 2.06. The first-order chi connectivity index (χ1) is 7.50. The molecule has 98 valence electrons. The lowest BCUT2D eigenvalue weighted by atomic mass is 10.2. The van der Waals surface area contributed by atoms with Gasteiger partial charge in [-0.2, -0.15) is 8.42 Å². The molecule has 0 spiro atoms. The van der Waals surface area contributed by atoms with Gasteiger partial charge in [0.25, 0.3) is 10.1 Å². The van der Waals surface area contributed by atoms with Crippen molar-refractivity contribution >= 4 is 10.1 Å². The average molecular weight is 261 g/mol. The van der Waals surface area contributed by atoms with E-state index in [0.29, 0.717) is 0 Å². The van der Waals surface area contributed by atoms with Crippen molar-refractivity contribution in [3.63, 3.8) is 0 Å². The number of benzene rings is 1. The second-order valence-corrected chi connectivity index (χ2v) is 5.17. The maximum absolute atomic E-state index is 10.5. The van der Waals surface area contributed by atoms with E-state index in [0.717, 1.165) is 5.56 Å². The van der Waals surface area contributed by atoms with Gasteiger partial charge in [-0.3, -0.25) is 4.55 Å². The molecule has 1 aromatic rings. The molecule has 1 aliphatic heterocycles. The van der Waals surface area contributed by atoms with Crippen molar-refractivity contribution in [3.05, 3.63) is 29.8 Å². The molecule has 0 aromatic heterocycles. The molecule has 4 N–H and O–H groups in total. The standard InChI is InChI=1S/C7H8O3S.C4H9N.H2O/c1-6-2-4-7(5-3-6)11(8,9)10;1-2-4-5-3-1;/h2-5H,1H3,(H,8,9,10);5H,1-4H2;1H2. The number of rotatable bonds is 1. The Hall–Kier alpha value is -0.950. The van der Waals surface area contributed by atoms with Crippen LogP contribution in [-0.4, -0.2) is 31.5 Å². The van der Waals surface area contributed by atoms with Crippen LogP contribution in [0, 0.1) is 6.92 Å². The first-order valence-corrected chi connectivity index (χ1v) is 6.69. The third-order valence-corrected chi connectivity index (χ3v) is 3.14. The third-order valence-electron chi connectivity index (χ3n) is 2.28. The first-order valence-electron chi connectivity index (χ1n) is 5.25. The zero-order chi connectivity index (χ0) is 12.0. The lowest BCUT2D eigenvalue weighted by molar-refractivity contribution is 0.483. The van der Waals surface area contributed by atoms with Gasteiger partial charge in [0, 0.05) is 0 Å². The van der Waals surface area contributed by atoms with Crippen molar-refractivity contribution in [1.82, 2.24) is 5.32 Å². The van der Waals surface area contributed by atoms with Crippen LogP contribution >= 0.6 is 0 Å². The molecule has 1 aromatic carbocycles. The molecule has 1 saturated heterocycles. The van der Waals surface area contributed by atoms with Crippen molar-refractivity contribution in [2.45, 2.75) is 24.7 Å². The second kappa shape index (κ2) is 7.39. The summed E-state index contributed by atoms with van der Waals surface area (Å²) in [6.07, 6.45) is 2.78.